The smallest absolute Gasteiger partial charge is 0.348 e. The lowest BCUT2D eigenvalue weighted by Gasteiger charge is -2.12. The minimum atomic E-state index is -0.563. The normalized spacial score (nSPS) is 10.7. The molecule has 0 saturated heterocycles. The number of nitrogens with one attached hydrogen (secondary N) is 2. The Bertz CT molecular complexity index is 1270. The molecular weight excluding hydrogens is 491 g/mol. The lowest BCUT2D eigenvalue weighted by atomic mass is 10.1. The van der Waals surface area contributed by atoms with E-state index in [0.29, 0.717) is 32.4 Å². The van der Waals surface area contributed by atoms with Crippen molar-refractivity contribution in [3.63, 3.8) is 0 Å². The van der Waals surface area contributed by atoms with E-state index in [1.54, 1.807) is 43.7 Å². The third-order valence-corrected chi connectivity index (χ3v) is 6.60. The molecule has 2 N–H and O–H groups in total. The minimum absolute atomic E-state index is 0.185. The minimum Gasteiger partial charge on any atom is -0.462 e. The van der Waals surface area contributed by atoms with E-state index in [4.69, 9.17) is 21.7 Å². The number of carbonyl (C=O) groups excluding carboxylic acids is 2. The maximum Gasteiger partial charge on any atom is 0.348 e. The highest BCUT2D eigenvalue weighted by molar-refractivity contribution is 7.80. The molecule has 0 spiro atoms. The molecule has 0 aliphatic heterocycles. The summed E-state index contributed by atoms with van der Waals surface area (Å²) in [6.07, 6.45) is 0. The Morgan fingerprint density at radius 2 is 1.74 bits per heavy atom. The van der Waals surface area contributed by atoms with Crippen LogP contribution in [-0.4, -0.2) is 40.0 Å². The number of nitrogens with zero attached hydrogens (tertiary/aromatic N) is 2. The fourth-order valence-electron chi connectivity index (χ4n) is 3.51. The van der Waals surface area contributed by atoms with Crippen LogP contribution in [0.15, 0.2) is 24.3 Å². The average molecular weight is 519 g/mol. The van der Waals surface area contributed by atoms with E-state index in [1.165, 1.54) is 6.07 Å². The van der Waals surface area contributed by atoms with Crippen molar-refractivity contribution in [3.8, 4) is 0 Å². The van der Waals surface area contributed by atoms with Crippen molar-refractivity contribution in [3.05, 3.63) is 63.0 Å². The van der Waals surface area contributed by atoms with E-state index in [1.807, 2.05) is 13.8 Å². The number of esters is 2. The number of thiocarbonyl (C=S) groups is 1. The summed E-state index contributed by atoms with van der Waals surface area (Å²) >= 11 is 6.56. The zero-order chi connectivity index (χ0) is 25.7. The van der Waals surface area contributed by atoms with E-state index >= 15 is 0 Å². The van der Waals surface area contributed by atoms with Gasteiger partial charge in [0.25, 0.3) is 0 Å². The van der Waals surface area contributed by atoms with Gasteiger partial charge in [-0.05, 0) is 58.5 Å². The summed E-state index contributed by atoms with van der Waals surface area (Å²) in [5, 5.41) is 11.2. The quantitative estimate of drug-likeness (QED) is 0.310. The van der Waals surface area contributed by atoms with Gasteiger partial charge in [-0.3, -0.25) is 4.68 Å². The van der Waals surface area contributed by atoms with Crippen LogP contribution in [0.2, 0.25) is 0 Å². The molecule has 0 bridgehead atoms. The molecule has 0 aliphatic carbocycles. The second-order valence-electron chi connectivity index (χ2n) is 7.58. The number of ether oxygens (including phenoxy) is 2. The fraction of sp³-hybridized carbons (Fsp3) is 0.333. The van der Waals surface area contributed by atoms with Gasteiger partial charge in [-0.1, -0.05) is 18.2 Å². The summed E-state index contributed by atoms with van der Waals surface area (Å²) in [6.45, 7) is 9.41. The Morgan fingerprint density at radius 1 is 1.09 bits per heavy atom. The van der Waals surface area contributed by atoms with Crippen LogP contribution in [0.5, 0.6) is 0 Å². The molecule has 186 valence electrons. The van der Waals surface area contributed by atoms with E-state index in [0.717, 1.165) is 17.0 Å². The molecular formula is C24H27FN4O4S2. The van der Waals surface area contributed by atoms with Crippen LogP contribution in [0.3, 0.4) is 0 Å². The van der Waals surface area contributed by atoms with Gasteiger partial charge in [-0.15, -0.1) is 11.3 Å². The molecule has 3 aromatic rings. The number of aromatic nitrogens is 2. The van der Waals surface area contributed by atoms with Crippen molar-refractivity contribution in [1.82, 2.24) is 9.78 Å². The van der Waals surface area contributed by atoms with Crippen LogP contribution in [0.25, 0.3) is 0 Å². The first-order chi connectivity index (χ1) is 16.7. The number of thiophene rings is 1. The van der Waals surface area contributed by atoms with Gasteiger partial charge in [-0.2, -0.15) is 5.10 Å². The maximum atomic E-state index is 14.1. The summed E-state index contributed by atoms with van der Waals surface area (Å²) in [5.41, 5.74) is 3.30. The van der Waals surface area contributed by atoms with Crippen LogP contribution in [0.4, 0.5) is 15.1 Å². The first kappa shape index (κ1) is 26.3. The standard InChI is InChI=1S/C24H27FN4O4S2/c1-6-32-22(30)18-13(3)20(23(31)33-7-2)35-21(18)27-24(34)26-19-14(4)28-29(15(19)5)12-16-10-8-9-11-17(16)25/h8-11H,6-7,12H2,1-5H3,(H2,26,27,34). The average Bonchev–Trinajstić information content (AvgIpc) is 3.26. The maximum absolute atomic E-state index is 14.1. The molecule has 2 aromatic heterocycles. The third kappa shape index (κ3) is 5.85. The van der Waals surface area contributed by atoms with Crippen molar-refractivity contribution >= 4 is 51.3 Å². The van der Waals surface area contributed by atoms with Crippen molar-refractivity contribution in [2.24, 2.45) is 0 Å². The lowest BCUT2D eigenvalue weighted by molar-refractivity contribution is 0.0527. The second kappa shape index (κ2) is 11.4. The largest absolute Gasteiger partial charge is 0.462 e. The second-order valence-corrected chi connectivity index (χ2v) is 9.00. The molecule has 0 atom stereocenters. The summed E-state index contributed by atoms with van der Waals surface area (Å²) < 4.78 is 26.1. The Balaban J connectivity index is 1.85. The predicted molar refractivity (Wildman–Crippen MR) is 138 cm³/mol. The van der Waals surface area contributed by atoms with Gasteiger partial charge in [-0.25, -0.2) is 14.0 Å². The van der Waals surface area contributed by atoms with Crippen molar-refractivity contribution in [2.45, 2.75) is 41.2 Å². The van der Waals surface area contributed by atoms with Gasteiger partial charge in [0.15, 0.2) is 5.11 Å². The summed E-state index contributed by atoms with van der Waals surface area (Å²) in [4.78, 5) is 25.3. The highest BCUT2D eigenvalue weighted by Crippen LogP contribution is 2.34. The number of hydrogen-bond acceptors (Lipinski definition) is 7. The van der Waals surface area contributed by atoms with Crippen molar-refractivity contribution < 1.29 is 23.5 Å². The number of benzene rings is 1. The van der Waals surface area contributed by atoms with E-state index in [-0.39, 0.29) is 36.3 Å². The summed E-state index contributed by atoms with van der Waals surface area (Å²) in [7, 11) is 0. The molecule has 35 heavy (non-hydrogen) atoms. The lowest BCUT2D eigenvalue weighted by Crippen LogP contribution is -2.21. The van der Waals surface area contributed by atoms with Gasteiger partial charge in [0, 0.05) is 5.56 Å². The Kier molecular flexibility index (Phi) is 8.57. The fourth-order valence-corrected chi connectivity index (χ4v) is 4.87. The molecule has 0 unspecified atom stereocenters. The number of rotatable bonds is 8. The van der Waals surface area contributed by atoms with Gasteiger partial charge in [0.1, 0.15) is 15.7 Å². The molecule has 0 aliphatic rings. The molecule has 3 rings (SSSR count). The first-order valence-electron chi connectivity index (χ1n) is 11.0. The molecule has 1 aromatic carbocycles. The van der Waals surface area contributed by atoms with E-state index in [9.17, 15) is 14.0 Å². The Labute approximate surface area is 212 Å². The monoisotopic (exact) mass is 518 g/mol. The van der Waals surface area contributed by atoms with E-state index in [2.05, 4.69) is 15.7 Å². The van der Waals surface area contributed by atoms with Crippen LogP contribution in [0.1, 0.15) is 56.4 Å². The highest BCUT2D eigenvalue weighted by atomic mass is 32.1. The summed E-state index contributed by atoms with van der Waals surface area (Å²) in [5.74, 6) is -1.38. The van der Waals surface area contributed by atoms with Crippen LogP contribution in [-0.2, 0) is 16.0 Å². The van der Waals surface area contributed by atoms with Crippen LogP contribution >= 0.6 is 23.6 Å². The first-order valence-corrected chi connectivity index (χ1v) is 12.2. The number of anilines is 2. The van der Waals surface area contributed by atoms with Gasteiger partial charge in [0.2, 0.25) is 0 Å². The number of hydrogen-bond donors (Lipinski definition) is 2. The van der Waals surface area contributed by atoms with Gasteiger partial charge < -0.3 is 20.1 Å². The molecule has 0 radical (unpaired) electrons. The Morgan fingerprint density at radius 3 is 2.40 bits per heavy atom. The predicted octanol–water partition coefficient (Wildman–Crippen LogP) is 5.22. The van der Waals surface area contributed by atoms with Crippen molar-refractivity contribution in [1.29, 1.82) is 0 Å². The molecule has 0 amide bonds. The zero-order valence-electron chi connectivity index (χ0n) is 20.2. The molecule has 0 saturated carbocycles. The topological polar surface area (TPSA) is 94.5 Å². The van der Waals surface area contributed by atoms with Gasteiger partial charge in [0.05, 0.1) is 42.4 Å². The third-order valence-electron chi connectivity index (χ3n) is 5.21. The SMILES string of the molecule is CCOC(=O)c1sc(NC(=S)Nc2c(C)nn(Cc3ccccc3F)c2C)c(C(=O)OCC)c1C. The molecule has 2 heterocycles. The molecule has 0 fully saturated rings. The molecule has 8 nitrogen and oxygen atoms in total. The van der Waals surface area contributed by atoms with Crippen LogP contribution < -0.4 is 10.6 Å². The molecule has 11 heteroatoms. The Hall–Kier alpha value is -3.31. The van der Waals surface area contributed by atoms with Gasteiger partial charge >= 0.3 is 11.9 Å². The van der Waals surface area contributed by atoms with Crippen LogP contribution in [0, 0.1) is 26.6 Å². The summed E-state index contributed by atoms with van der Waals surface area (Å²) in [6, 6.07) is 6.54. The van der Waals surface area contributed by atoms with Crippen molar-refractivity contribution in [2.75, 3.05) is 23.8 Å². The number of carbonyl (C=O) groups is 2. The number of halogens is 1. The van der Waals surface area contributed by atoms with E-state index < -0.39 is 11.9 Å². The zero-order valence-corrected chi connectivity index (χ0v) is 21.8. The highest BCUT2D eigenvalue weighted by Gasteiger charge is 2.27. The number of aryl methyl sites for hydroxylation is 1.